The number of rotatable bonds is 2. The molecule has 4 heteroatoms. The molecule has 4 nitrogen and oxygen atoms in total. The molecule has 3 rings (SSSR count). The first kappa shape index (κ1) is 13.1. The molecular formula is C16H20N4. The zero-order valence-corrected chi connectivity index (χ0v) is 11.5. The third kappa shape index (κ3) is 2.65. The second kappa shape index (κ2) is 6.01. The molecule has 104 valence electrons. The van der Waals surface area contributed by atoms with Crippen molar-refractivity contribution in [2.24, 2.45) is 10.8 Å². The molecular weight excluding hydrogens is 248 g/mol. The maximum atomic E-state index is 5.69. The van der Waals surface area contributed by atoms with Crippen LogP contribution < -0.4 is 11.3 Å². The molecule has 0 bridgehead atoms. The van der Waals surface area contributed by atoms with Crippen LogP contribution in [0.15, 0.2) is 41.5 Å². The van der Waals surface area contributed by atoms with Crippen molar-refractivity contribution in [3.8, 4) is 0 Å². The number of hydrogen-bond donors (Lipinski definition) is 2. The molecule has 1 aliphatic rings. The Morgan fingerprint density at radius 3 is 2.75 bits per heavy atom. The van der Waals surface area contributed by atoms with E-state index < -0.39 is 0 Å². The second-order valence-electron chi connectivity index (χ2n) is 5.29. The summed E-state index contributed by atoms with van der Waals surface area (Å²) in [6.07, 6.45) is 7.95. The van der Waals surface area contributed by atoms with Crippen molar-refractivity contribution in [1.82, 2.24) is 10.4 Å². The predicted octanol–water partition coefficient (Wildman–Crippen LogP) is 2.78. The molecule has 0 saturated heterocycles. The van der Waals surface area contributed by atoms with Gasteiger partial charge in [0.25, 0.3) is 0 Å². The van der Waals surface area contributed by atoms with Gasteiger partial charge in [-0.2, -0.15) is 0 Å². The Morgan fingerprint density at radius 2 is 1.95 bits per heavy atom. The van der Waals surface area contributed by atoms with Crippen molar-refractivity contribution in [2.75, 3.05) is 0 Å². The van der Waals surface area contributed by atoms with E-state index in [1.54, 1.807) is 0 Å². The number of hydrogen-bond acceptors (Lipinski definition) is 3. The van der Waals surface area contributed by atoms with E-state index in [-0.39, 0.29) is 0 Å². The van der Waals surface area contributed by atoms with Crippen molar-refractivity contribution >= 4 is 16.6 Å². The summed E-state index contributed by atoms with van der Waals surface area (Å²) in [5.74, 6) is 6.39. The third-order valence-electron chi connectivity index (χ3n) is 3.92. The van der Waals surface area contributed by atoms with Crippen LogP contribution in [0.2, 0.25) is 0 Å². The van der Waals surface area contributed by atoms with Crippen molar-refractivity contribution in [3.63, 3.8) is 0 Å². The first-order chi connectivity index (χ1) is 9.88. The molecule has 0 atom stereocenters. The van der Waals surface area contributed by atoms with Crippen LogP contribution in [0, 0.1) is 0 Å². The number of hydrazine groups is 1. The highest BCUT2D eigenvalue weighted by atomic mass is 15.3. The Hall–Kier alpha value is -1.94. The van der Waals surface area contributed by atoms with Gasteiger partial charge in [-0.25, -0.2) is 5.84 Å². The van der Waals surface area contributed by atoms with Gasteiger partial charge in [0, 0.05) is 11.6 Å². The van der Waals surface area contributed by atoms with Gasteiger partial charge < -0.3 is 5.43 Å². The molecule has 0 aliphatic heterocycles. The molecule has 1 saturated carbocycles. The summed E-state index contributed by atoms with van der Waals surface area (Å²) < 4.78 is 0. The van der Waals surface area contributed by atoms with Gasteiger partial charge in [0.05, 0.1) is 6.04 Å². The Balaban J connectivity index is 2.00. The summed E-state index contributed by atoms with van der Waals surface area (Å²) >= 11 is 0. The smallest absolute Gasteiger partial charge is 0.162 e. The lowest BCUT2D eigenvalue weighted by atomic mass is 9.96. The average molecular weight is 268 g/mol. The summed E-state index contributed by atoms with van der Waals surface area (Å²) in [7, 11) is 0. The lowest BCUT2D eigenvalue weighted by Gasteiger charge is -2.19. The number of fused-ring (bicyclic) bond motifs is 1. The summed E-state index contributed by atoms with van der Waals surface area (Å²) in [6, 6.07) is 10.6. The first-order valence-corrected chi connectivity index (χ1v) is 7.27. The molecule has 1 heterocycles. The highest BCUT2D eigenvalue weighted by molar-refractivity contribution is 6.07. The number of aromatic nitrogens is 1. The van der Waals surface area contributed by atoms with Gasteiger partial charge in [-0.3, -0.25) is 9.98 Å². The van der Waals surface area contributed by atoms with Crippen molar-refractivity contribution < 1.29 is 0 Å². The van der Waals surface area contributed by atoms with Crippen LogP contribution in [-0.2, 0) is 0 Å². The van der Waals surface area contributed by atoms with Crippen molar-refractivity contribution in [1.29, 1.82) is 0 Å². The quantitative estimate of drug-likeness (QED) is 0.381. The molecule has 0 spiro atoms. The van der Waals surface area contributed by atoms with E-state index in [2.05, 4.69) is 22.5 Å². The SMILES string of the molecule is NNC(=NC1CCCCC1)c1nccc2ccccc12. The molecule has 1 aromatic carbocycles. The van der Waals surface area contributed by atoms with Gasteiger partial charge >= 0.3 is 0 Å². The molecule has 0 radical (unpaired) electrons. The van der Waals surface area contributed by atoms with Gasteiger partial charge in [-0.15, -0.1) is 0 Å². The van der Waals surface area contributed by atoms with E-state index in [0.717, 1.165) is 29.3 Å². The molecule has 1 aromatic heterocycles. The normalized spacial score (nSPS) is 17.4. The molecule has 0 unspecified atom stereocenters. The van der Waals surface area contributed by atoms with Gasteiger partial charge in [0.2, 0.25) is 0 Å². The number of nitrogens with two attached hydrogens (primary N) is 1. The van der Waals surface area contributed by atoms with E-state index in [1.165, 1.54) is 19.3 Å². The standard InChI is InChI=1S/C16H20N4/c17-20-16(19-13-7-2-1-3-8-13)15-14-9-5-4-6-12(14)10-11-18-15/h4-6,9-11,13H,1-3,7-8,17H2,(H,19,20). The highest BCUT2D eigenvalue weighted by Gasteiger charge is 2.15. The molecule has 0 amide bonds. The van der Waals surface area contributed by atoms with Crippen LogP contribution in [-0.4, -0.2) is 16.9 Å². The van der Waals surface area contributed by atoms with E-state index in [1.807, 2.05) is 24.4 Å². The number of benzene rings is 1. The Labute approximate surface area is 119 Å². The maximum absolute atomic E-state index is 5.69. The molecule has 1 aliphatic carbocycles. The number of pyridine rings is 1. The van der Waals surface area contributed by atoms with E-state index >= 15 is 0 Å². The molecule has 20 heavy (non-hydrogen) atoms. The zero-order chi connectivity index (χ0) is 13.8. The van der Waals surface area contributed by atoms with Gasteiger partial charge in [0.1, 0.15) is 5.69 Å². The highest BCUT2D eigenvalue weighted by Crippen LogP contribution is 2.22. The third-order valence-corrected chi connectivity index (χ3v) is 3.92. The van der Waals surface area contributed by atoms with Gasteiger partial charge in [-0.1, -0.05) is 43.5 Å². The van der Waals surface area contributed by atoms with Crippen LogP contribution in [0.25, 0.3) is 10.8 Å². The fourth-order valence-corrected chi connectivity index (χ4v) is 2.87. The van der Waals surface area contributed by atoms with Crippen molar-refractivity contribution in [2.45, 2.75) is 38.1 Å². The van der Waals surface area contributed by atoms with Crippen LogP contribution in [0.1, 0.15) is 37.8 Å². The van der Waals surface area contributed by atoms with Crippen LogP contribution in [0.5, 0.6) is 0 Å². The summed E-state index contributed by atoms with van der Waals surface area (Å²) in [5, 5.41) is 2.24. The largest absolute Gasteiger partial charge is 0.307 e. The fraction of sp³-hybridized carbons (Fsp3) is 0.375. The fourth-order valence-electron chi connectivity index (χ4n) is 2.87. The van der Waals surface area contributed by atoms with Gasteiger partial charge in [-0.05, 0) is 24.3 Å². The van der Waals surface area contributed by atoms with Crippen LogP contribution >= 0.6 is 0 Å². The molecule has 2 aromatic rings. The minimum atomic E-state index is 0.371. The van der Waals surface area contributed by atoms with E-state index in [9.17, 15) is 0 Å². The van der Waals surface area contributed by atoms with Crippen LogP contribution in [0.3, 0.4) is 0 Å². The molecule has 3 N–H and O–H groups in total. The second-order valence-corrected chi connectivity index (χ2v) is 5.29. The van der Waals surface area contributed by atoms with Crippen LogP contribution in [0.4, 0.5) is 0 Å². The summed E-state index contributed by atoms with van der Waals surface area (Å²) in [4.78, 5) is 9.26. The first-order valence-electron chi connectivity index (χ1n) is 7.27. The number of amidine groups is 1. The Morgan fingerprint density at radius 1 is 1.15 bits per heavy atom. The predicted molar refractivity (Wildman–Crippen MR) is 82.5 cm³/mol. The minimum Gasteiger partial charge on any atom is -0.307 e. The monoisotopic (exact) mass is 268 g/mol. The topological polar surface area (TPSA) is 63.3 Å². The van der Waals surface area contributed by atoms with E-state index in [0.29, 0.717) is 11.9 Å². The summed E-state index contributed by atoms with van der Waals surface area (Å²) in [6.45, 7) is 0. The number of aliphatic imine (C=N–C) groups is 1. The zero-order valence-electron chi connectivity index (χ0n) is 11.5. The maximum Gasteiger partial charge on any atom is 0.162 e. The lowest BCUT2D eigenvalue weighted by Crippen LogP contribution is -2.33. The Kier molecular flexibility index (Phi) is 3.92. The Bertz CT molecular complexity index is 609. The van der Waals surface area contributed by atoms with Crippen molar-refractivity contribution in [3.05, 3.63) is 42.2 Å². The summed E-state index contributed by atoms with van der Waals surface area (Å²) in [5.41, 5.74) is 3.59. The average Bonchev–Trinajstić information content (AvgIpc) is 2.53. The minimum absolute atomic E-state index is 0.371. The molecule has 1 fully saturated rings. The van der Waals surface area contributed by atoms with E-state index in [4.69, 9.17) is 10.8 Å². The number of nitrogens with zero attached hydrogens (tertiary/aromatic N) is 2. The lowest BCUT2D eigenvalue weighted by molar-refractivity contribution is 0.442. The van der Waals surface area contributed by atoms with Gasteiger partial charge in [0.15, 0.2) is 5.84 Å². The number of nitrogens with one attached hydrogen (secondary N) is 1.